The van der Waals surface area contributed by atoms with Crippen molar-refractivity contribution < 1.29 is 13.3 Å². The number of hydrogen-bond acceptors (Lipinski definition) is 4. The van der Waals surface area contributed by atoms with Gasteiger partial charge in [0, 0.05) is 43.6 Å². The number of rotatable bonds is 3. The molecule has 0 amide bonds. The summed E-state index contributed by atoms with van der Waals surface area (Å²) in [5.74, 6) is 1.33. The Balaban J connectivity index is 1.27. The van der Waals surface area contributed by atoms with Crippen molar-refractivity contribution in [2.75, 3.05) is 0 Å². The first-order chi connectivity index (χ1) is 18.4. The predicted molar refractivity (Wildman–Crippen MR) is 141 cm³/mol. The summed E-state index contributed by atoms with van der Waals surface area (Å²) in [4.78, 5) is 9.17. The summed E-state index contributed by atoms with van der Waals surface area (Å²) in [5.41, 5.74) is 4.25. The minimum absolute atomic E-state index is 0.213. The number of hydrogen-bond donors (Lipinski definition) is 0. The largest absolute Gasteiger partial charge is 0.457 e. The first-order valence-electron chi connectivity index (χ1n) is 12.8. The molecule has 0 spiro atoms. The maximum Gasteiger partial charge on any atom is 0.146 e. The van der Waals surface area contributed by atoms with Gasteiger partial charge in [-0.15, -0.1) is 0 Å². The van der Waals surface area contributed by atoms with E-state index in [1.807, 2.05) is 72.9 Å². The molecule has 0 unspecified atom stereocenters. The van der Waals surface area contributed by atoms with Crippen molar-refractivity contribution in [3.05, 3.63) is 109 Å². The lowest BCUT2D eigenvalue weighted by Crippen LogP contribution is -1.88. The Hall–Kier alpha value is -4.70. The molecule has 4 heteroatoms. The lowest BCUT2D eigenvalue weighted by Gasteiger charge is -2.10. The molecule has 35 heavy (non-hydrogen) atoms. The summed E-state index contributed by atoms with van der Waals surface area (Å²) < 4.78 is 35.1. The number of pyridine rings is 2. The molecule has 7 aromatic rings. The molecule has 0 N–H and O–H groups in total. The van der Waals surface area contributed by atoms with E-state index in [2.05, 4.69) is 17.1 Å². The van der Waals surface area contributed by atoms with Crippen LogP contribution in [0.5, 0.6) is 11.5 Å². The molecule has 4 nitrogen and oxygen atoms in total. The van der Waals surface area contributed by atoms with Gasteiger partial charge in [0.15, 0.2) is 0 Å². The molecular weight excluding hydrogens is 432 g/mol. The molecule has 0 aliphatic carbocycles. The SMILES string of the molecule is [2H]C([2H])([2H])c1ccc(-c2cccc(Oc3ccc4ccc5c(ncc6c7ccccc7oc65)c4c3)c2)nc1. The molecule has 4 aromatic carbocycles. The predicted octanol–water partition coefficient (Wildman–Crippen LogP) is 8.45. The van der Waals surface area contributed by atoms with E-state index >= 15 is 0 Å². The first kappa shape index (κ1) is 16.8. The van der Waals surface area contributed by atoms with Gasteiger partial charge in [-0.1, -0.05) is 48.5 Å². The molecule has 0 bridgehead atoms. The van der Waals surface area contributed by atoms with Crippen LogP contribution >= 0.6 is 0 Å². The number of nitrogens with zero attached hydrogens (tertiary/aromatic N) is 2. The Morgan fingerprint density at radius 3 is 2.54 bits per heavy atom. The van der Waals surface area contributed by atoms with Crippen molar-refractivity contribution >= 4 is 43.6 Å². The Morgan fingerprint density at radius 2 is 1.63 bits per heavy atom. The van der Waals surface area contributed by atoms with Gasteiger partial charge >= 0.3 is 0 Å². The molecule has 0 aliphatic rings. The van der Waals surface area contributed by atoms with Crippen LogP contribution in [0.1, 0.15) is 9.68 Å². The van der Waals surface area contributed by atoms with Gasteiger partial charge in [0.05, 0.1) is 11.2 Å². The second-order valence-electron chi connectivity index (χ2n) is 8.51. The lowest BCUT2D eigenvalue weighted by atomic mass is 10.0. The van der Waals surface area contributed by atoms with Crippen molar-refractivity contribution in [3.8, 4) is 22.8 Å². The summed E-state index contributed by atoms with van der Waals surface area (Å²) in [7, 11) is 0. The number of aromatic nitrogens is 2. The Morgan fingerprint density at radius 1 is 0.714 bits per heavy atom. The van der Waals surface area contributed by atoms with Gasteiger partial charge in [-0.3, -0.25) is 9.97 Å². The van der Waals surface area contributed by atoms with Crippen LogP contribution in [-0.4, -0.2) is 9.97 Å². The van der Waals surface area contributed by atoms with Crippen molar-refractivity contribution in [2.24, 2.45) is 0 Å². The highest BCUT2D eigenvalue weighted by Gasteiger charge is 2.13. The topological polar surface area (TPSA) is 48.2 Å². The molecular formula is C31H20N2O2. The maximum absolute atomic E-state index is 7.54. The fraction of sp³-hybridized carbons (Fsp3) is 0.0323. The van der Waals surface area contributed by atoms with Gasteiger partial charge in [0.1, 0.15) is 22.7 Å². The molecule has 7 rings (SSSR count). The van der Waals surface area contributed by atoms with Crippen LogP contribution in [0.2, 0.25) is 0 Å². The highest BCUT2D eigenvalue weighted by Crippen LogP contribution is 2.37. The highest BCUT2D eigenvalue weighted by atomic mass is 16.5. The average Bonchev–Trinajstić information content (AvgIpc) is 3.32. The van der Waals surface area contributed by atoms with Gasteiger partial charge in [0.2, 0.25) is 0 Å². The van der Waals surface area contributed by atoms with Crippen LogP contribution in [0.4, 0.5) is 0 Å². The maximum atomic E-state index is 7.54. The van der Waals surface area contributed by atoms with Crippen LogP contribution < -0.4 is 4.74 Å². The number of benzene rings is 4. The van der Waals surface area contributed by atoms with Gasteiger partial charge in [-0.2, -0.15) is 0 Å². The molecule has 0 fully saturated rings. The van der Waals surface area contributed by atoms with Crippen LogP contribution in [0.25, 0.3) is 54.9 Å². The van der Waals surface area contributed by atoms with Crippen LogP contribution in [0, 0.1) is 6.85 Å². The van der Waals surface area contributed by atoms with E-state index in [4.69, 9.17) is 18.3 Å². The summed E-state index contributed by atoms with van der Waals surface area (Å²) in [6.07, 6.45) is 3.28. The van der Waals surface area contributed by atoms with E-state index in [9.17, 15) is 0 Å². The second-order valence-corrected chi connectivity index (χ2v) is 8.51. The monoisotopic (exact) mass is 455 g/mol. The normalized spacial score (nSPS) is 13.2. The average molecular weight is 456 g/mol. The van der Waals surface area contributed by atoms with Crippen molar-refractivity contribution in [1.82, 2.24) is 9.97 Å². The van der Waals surface area contributed by atoms with E-state index in [-0.39, 0.29) is 5.56 Å². The Labute approximate surface area is 205 Å². The van der Waals surface area contributed by atoms with Crippen molar-refractivity contribution in [1.29, 1.82) is 0 Å². The zero-order valence-electron chi connectivity index (χ0n) is 21.5. The van der Waals surface area contributed by atoms with Crippen molar-refractivity contribution in [3.63, 3.8) is 0 Å². The lowest BCUT2D eigenvalue weighted by molar-refractivity contribution is 0.483. The minimum Gasteiger partial charge on any atom is -0.457 e. The highest BCUT2D eigenvalue weighted by molar-refractivity contribution is 6.18. The van der Waals surface area contributed by atoms with Crippen LogP contribution in [0.3, 0.4) is 0 Å². The summed E-state index contributed by atoms with van der Waals surface area (Å²) in [6, 6.07) is 29.0. The van der Waals surface area contributed by atoms with Crippen LogP contribution in [-0.2, 0) is 0 Å². The van der Waals surface area contributed by atoms with E-state index in [0.29, 0.717) is 17.2 Å². The molecule has 0 aliphatic heterocycles. The van der Waals surface area contributed by atoms with E-state index in [0.717, 1.165) is 49.2 Å². The molecule has 0 radical (unpaired) electrons. The molecule has 0 saturated carbocycles. The standard InChI is InChI=1S/C31H20N2O2/c1-19-9-14-28(32-17-19)21-5-4-6-22(15-21)34-23-12-10-20-11-13-25-30(26(20)16-23)33-18-27-24-7-2-3-8-29(24)35-31(25)27/h2-18H,1H3/i1D3. The number of fused-ring (bicyclic) bond motifs is 7. The van der Waals surface area contributed by atoms with Crippen molar-refractivity contribution in [2.45, 2.75) is 6.85 Å². The Kier molecular flexibility index (Phi) is 3.69. The zero-order chi connectivity index (χ0) is 25.9. The number of furan rings is 1. The Bertz CT molecular complexity index is 1990. The number of para-hydroxylation sites is 1. The third-order valence-electron chi connectivity index (χ3n) is 6.29. The summed E-state index contributed by atoms with van der Waals surface area (Å²) in [6.45, 7) is -2.18. The quantitative estimate of drug-likeness (QED) is 0.251. The summed E-state index contributed by atoms with van der Waals surface area (Å²) in [5, 5.41) is 5.03. The van der Waals surface area contributed by atoms with E-state index < -0.39 is 6.85 Å². The minimum atomic E-state index is -2.18. The van der Waals surface area contributed by atoms with Gasteiger partial charge in [-0.05, 0) is 60.3 Å². The van der Waals surface area contributed by atoms with Gasteiger partial charge in [0.25, 0.3) is 0 Å². The molecule has 166 valence electrons. The molecule has 3 aromatic heterocycles. The van der Waals surface area contributed by atoms with E-state index in [1.165, 1.54) is 6.20 Å². The molecule has 3 heterocycles. The van der Waals surface area contributed by atoms with E-state index in [1.54, 1.807) is 12.1 Å². The molecule has 0 saturated heterocycles. The zero-order valence-corrected chi connectivity index (χ0v) is 18.5. The first-order valence-corrected chi connectivity index (χ1v) is 11.3. The van der Waals surface area contributed by atoms with Crippen LogP contribution in [0.15, 0.2) is 108 Å². The smallest absolute Gasteiger partial charge is 0.146 e. The number of ether oxygens (including phenoxy) is 1. The summed E-state index contributed by atoms with van der Waals surface area (Å²) >= 11 is 0. The van der Waals surface area contributed by atoms with Gasteiger partial charge < -0.3 is 9.15 Å². The fourth-order valence-electron chi connectivity index (χ4n) is 4.61. The second kappa shape index (κ2) is 7.67. The third-order valence-corrected chi connectivity index (χ3v) is 6.29. The van der Waals surface area contributed by atoms with Gasteiger partial charge in [-0.25, -0.2) is 0 Å². The number of aryl methyl sites for hydroxylation is 1. The third kappa shape index (κ3) is 3.30. The fourth-order valence-corrected chi connectivity index (χ4v) is 4.61. The molecule has 0 atom stereocenters.